The van der Waals surface area contributed by atoms with Gasteiger partial charge in [0.1, 0.15) is 0 Å². The van der Waals surface area contributed by atoms with Gasteiger partial charge in [-0.05, 0) is 7.05 Å². The molecule has 1 rings (SSSR count). The van der Waals surface area contributed by atoms with Crippen molar-refractivity contribution >= 4 is 6.72 Å². The summed E-state index contributed by atoms with van der Waals surface area (Å²) in [5.41, 5.74) is 0. The van der Waals surface area contributed by atoms with E-state index in [9.17, 15) is 0 Å². The molecule has 0 aliphatic carbocycles. The Balaban J connectivity index is 2.26. The summed E-state index contributed by atoms with van der Waals surface area (Å²) in [7, 11) is 2.13. The number of hydrogen-bond donors (Lipinski definition) is 0. The monoisotopic (exact) mass is 127 g/mol. The molecule has 1 aliphatic rings. The number of rotatable bonds is 1. The van der Waals surface area contributed by atoms with Crippen LogP contribution in [0.25, 0.3) is 0 Å². The molecule has 52 valence electrons. The summed E-state index contributed by atoms with van der Waals surface area (Å²) < 4.78 is 0. The van der Waals surface area contributed by atoms with Crippen molar-refractivity contribution in [3.8, 4) is 0 Å². The Hall–Kier alpha value is -0.570. The number of nitrogens with zero attached hydrogens (tertiary/aromatic N) is 3. The van der Waals surface area contributed by atoms with Gasteiger partial charge in [-0.2, -0.15) is 5.10 Å². The van der Waals surface area contributed by atoms with E-state index in [0.717, 1.165) is 26.2 Å². The van der Waals surface area contributed by atoms with Crippen LogP contribution in [-0.2, 0) is 0 Å². The second kappa shape index (κ2) is 2.82. The lowest BCUT2D eigenvalue weighted by Crippen LogP contribution is -2.41. The van der Waals surface area contributed by atoms with Crippen LogP contribution in [0.1, 0.15) is 0 Å². The number of likely N-dealkylation sites (N-methyl/N-ethyl adjacent to an activating group) is 1. The van der Waals surface area contributed by atoms with E-state index in [1.54, 1.807) is 0 Å². The highest BCUT2D eigenvalue weighted by Crippen LogP contribution is 1.97. The molecule has 0 aromatic carbocycles. The van der Waals surface area contributed by atoms with Crippen molar-refractivity contribution in [1.82, 2.24) is 9.91 Å². The molecule has 3 heteroatoms. The van der Waals surface area contributed by atoms with Gasteiger partial charge in [-0.1, -0.05) is 0 Å². The Morgan fingerprint density at radius 2 is 1.78 bits per heavy atom. The lowest BCUT2D eigenvalue weighted by atomic mass is 10.4. The molecular weight excluding hydrogens is 114 g/mol. The predicted molar refractivity (Wildman–Crippen MR) is 38.6 cm³/mol. The van der Waals surface area contributed by atoms with Crippen LogP contribution in [0.4, 0.5) is 0 Å². The summed E-state index contributed by atoms with van der Waals surface area (Å²) in [5.74, 6) is 0. The highest BCUT2D eigenvalue weighted by Gasteiger charge is 2.09. The van der Waals surface area contributed by atoms with Gasteiger partial charge in [-0.25, -0.2) is 0 Å². The van der Waals surface area contributed by atoms with Gasteiger partial charge < -0.3 is 4.90 Å². The minimum atomic E-state index is 1.03. The van der Waals surface area contributed by atoms with Crippen LogP contribution < -0.4 is 0 Å². The minimum absolute atomic E-state index is 1.03. The Bertz CT molecular complexity index is 94.5. The van der Waals surface area contributed by atoms with Gasteiger partial charge in [-0.3, -0.25) is 5.01 Å². The third-order valence-corrected chi connectivity index (χ3v) is 1.68. The first-order chi connectivity index (χ1) is 4.33. The SMILES string of the molecule is C=NN1CCN(C)CC1. The first kappa shape index (κ1) is 6.55. The van der Waals surface area contributed by atoms with Gasteiger partial charge in [0.05, 0.1) is 0 Å². The summed E-state index contributed by atoms with van der Waals surface area (Å²) in [6.07, 6.45) is 0. The average Bonchev–Trinajstić information content (AvgIpc) is 1.90. The van der Waals surface area contributed by atoms with E-state index in [0.29, 0.717) is 0 Å². The quantitative estimate of drug-likeness (QED) is 0.456. The Kier molecular flexibility index (Phi) is 2.05. The first-order valence-electron chi connectivity index (χ1n) is 3.23. The van der Waals surface area contributed by atoms with Crippen LogP contribution in [0.5, 0.6) is 0 Å². The maximum Gasteiger partial charge on any atom is 0.0488 e. The van der Waals surface area contributed by atoms with Gasteiger partial charge in [0, 0.05) is 32.9 Å². The second-order valence-corrected chi connectivity index (χ2v) is 2.40. The summed E-state index contributed by atoms with van der Waals surface area (Å²) in [4.78, 5) is 2.29. The maximum atomic E-state index is 3.84. The van der Waals surface area contributed by atoms with E-state index < -0.39 is 0 Å². The predicted octanol–water partition coefficient (Wildman–Crippen LogP) is -0.151. The second-order valence-electron chi connectivity index (χ2n) is 2.40. The fraction of sp³-hybridized carbons (Fsp3) is 0.833. The van der Waals surface area contributed by atoms with E-state index >= 15 is 0 Å². The molecule has 0 amide bonds. The first-order valence-corrected chi connectivity index (χ1v) is 3.23. The highest BCUT2D eigenvalue weighted by molar-refractivity contribution is 5.22. The summed E-state index contributed by atoms with van der Waals surface area (Å²) in [6.45, 7) is 7.74. The normalized spacial score (nSPS) is 22.1. The lowest BCUT2D eigenvalue weighted by molar-refractivity contribution is 0.160. The largest absolute Gasteiger partial charge is 0.303 e. The smallest absolute Gasteiger partial charge is 0.0488 e. The Labute approximate surface area is 55.9 Å². The minimum Gasteiger partial charge on any atom is -0.303 e. The summed E-state index contributed by atoms with van der Waals surface area (Å²) in [6, 6.07) is 0. The molecule has 0 aromatic heterocycles. The van der Waals surface area contributed by atoms with Gasteiger partial charge >= 0.3 is 0 Å². The Morgan fingerprint density at radius 3 is 2.22 bits per heavy atom. The number of hydrazone groups is 1. The molecule has 1 saturated heterocycles. The van der Waals surface area contributed by atoms with Crippen molar-refractivity contribution in [2.24, 2.45) is 5.10 Å². The van der Waals surface area contributed by atoms with Gasteiger partial charge in [0.15, 0.2) is 0 Å². The molecule has 1 heterocycles. The molecule has 0 saturated carbocycles. The topological polar surface area (TPSA) is 18.8 Å². The third kappa shape index (κ3) is 1.68. The summed E-state index contributed by atoms with van der Waals surface area (Å²) in [5, 5.41) is 5.84. The van der Waals surface area contributed by atoms with E-state index in [2.05, 4.69) is 23.8 Å². The van der Waals surface area contributed by atoms with E-state index in [1.165, 1.54) is 0 Å². The average molecular weight is 127 g/mol. The molecule has 3 nitrogen and oxygen atoms in total. The van der Waals surface area contributed by atoms with E-state index in [4.69, 9.17) is 0 Å². The molecule has 0 bridgehead atoms. The molecule has 9 heavy (non-hydrogen) atoms. The molecule has 0 radical (unpaired) electrons. The van der Waals surface area contributed by atoms with Crippen LogP contribution in [0.15, 0.2) is 5.10 Å². The van der Waals surface area contributed by atoms with Gasteiger partial charge in [0.2, 0.25) is 0 Å². The lowest BCUT2D eigenvalue weighted by Gasteiger charge is -2.29. The fourth-order valence-electron chi connectivity index (χ4n) is 0.937. The summed E-state index contributed by atoms with van der Waals surface area (Å²) >= 11 is 0. The molecule has 1 aliphatic heterocycles. The molecule has 1 fully saturated rings. The van der Waals surface area contributed by atoms with Crippen LogP contribution in [-0.4, -0.2) is 49.9 Å². The van der Waals surface area contributed by atoms with Crippen molar-refractivity contribution in [2.75, 3.05) is 33.2 Å². The van der Waals surface area contributed by atoms with Crippen LogP contribution >= 0.6 is 0 Å². The molecule has 0 N–H and O–H groups in total. The molecule has 0 aromatic rings. The molecule has 0 unspecified atom stereocenters. The van der Waals surface area contributed by atoms with Crippen LogP contribution in [0, 0.1) is 0 Å². The number of hydrogen-bond acceptors (Lipinski definition) is 3. The zero-order valence-electron chi connectivity index (χ0n) is 5.88. The van der Waals surface area contributed by atoms with Crippen molar-refractivity contribution < 1.29 is 0 Å². The zero-order valence-corrected chi connectivity index (χ0v) is 5.88. The number of piperazine rings is 1. The maximum absolute atomic E-state index is 3.84. The van der Waals surface area contributed by atoms with Crippen molar-refractivity contribution in [1.29, 1.82) is 0 Å². The third-order valence-electron chi connectivity index (χ3n) is 1.68. The van der Waals surface area contributed by atoms with Crippen molar-refractivity contribution in [2.45, 2.75) is 0 Å². The van der Waals surface area contributed by atoms with Crippen molar-refractivity contribution in [3.05, 3.63) is 0 Å². The molecule has 0 atom stereocenters. The van der Waals surface area contributed by atoms with Crippen LogP contribution in [0.2, 0.25) is 0 Å². The van der Waals surface area contributed by atoms with E-state index in [1.807, 2.05) is 5.01 Å². The fourth-order valence-corrected chi connectivity index (χ4v) is 0.937. The molecular formula is C6H13N3. The van der Waals surface area contributed by atoms with E-state index in [-0.39, 0.29) is 0 Å². The Morgan fingerprint density at radius 1 is 1.22 bits per heavy atom. The van der Waals surface area contributed by atoms with Crippen LogP contribution in [0.3, 0.4) is 0 Å². The molecule has 0 spiro atoms. The van der Waals surface area contributed by atoms with Crippen molar-refractivity contribution in [3.63, 3.8) is 0 Å². The highest BCUT2D eigenvalue weighted by atomic mass is 15.5. The van der Waals surface area contributed by atoms with Gasteiger partial charge in [-0.15, -0.1) is 0 Å². The zero-order chi connectivity index (χ0) is 6.69. The van der Waals surface area contributed by atoms with Gasteiger partial charge in [0.25, 0.3) is 0 Å². The standard InChI is InChI=1S/C6H13N3/c1-7-9-5-3-8(2)4-6-9/h1,3-6H2,2H3.